The maximum Gasteiger partial charge on any atom is 0.344 e. The SMILES string of the molecule is CC(Oc1ccc(-c2ccc(/C=C/C(=O)OC(C)(C)C)cc2)cc1C12CC3CC(CC(C3)C1)C2)C(=O)O. The molecular formula is C32H38O5. The molecule has 4 aliphatic carbocycles. The maximum absolute atomic E-state index is 12.0. The van der Waals surface area contributed by atoms with Gasteiger partial charge in [-0.1, -0.05) is 30.3 Å². The quantitative estimate of drug-likeness (QED) is 0.325. The Labute approximate surface area is 219 Å². The number of carbonyl (C=O) groups excluding carboxylic acids is 1. The zero-order valence-corrected chi connectivity index (χ0v) is 22.3. The van der Waals surface area contributed by atoms with Crippen molar-refractivity contribution in [3.05, 3.63) is 59.7 Å². The van der Waals surface area contributed by atoms with Crippen molar-refractivity contribution in [3.8, 4) is 16.9 Å². The molecule has 4 aliphatic rings. The first kappa shape index (κ1) is 25.6. The normalized spacial score (nSPS) is 27.3. The van der Waals surface area contributed by atoms with E-state index in [9.17, 15) is 14.7 Å². The molecule has 0 spiro atoms. The topological polar surface area (TPSA) is 72.8 Å². The second kappa shape index (κ2) is 9.66. The molecule has 0 aromatic heterocycles. The van der Waals surface area contributed by atoms with E-state index in [1.54, 1.807) is 13.0 Å². The Morgan fingerprint density at radius 3 is 2.05 bits per heavy atom. The third kappa shape index (κ3) is 5.61. The van der Waals surface area contributed by atoms with Crippen LogP contribution in [-0.4, -0.2) is 28.8 Å². The predicted octanol–water partition coefficient (Wildman–Crippen LogP) is 7.03. The Kier molecular flexibility index (Phi) is 6.68. The molecule has 2 aromatic carbocycles. The highest BCUT2D eigenvalue weighted by Gasteiger charge is 2.52. The summed E-state index contributed by atoms with van der Waals surface area (Å²) in [6.07, 6.45) is 9.90. The Hall–Kier alpha value is -3.08. The van der Waals surface area contributed by atoms with Crippen molar-refractivity contribution >= 4 is 18.0 Å². The lowest BCUT2D eigenvalue weighted by atomic mass is 9.48. The van der Waals surface area contributed by atoms with Gasteiger partial charge in [-0.15, -0.1) is 0 Å². The van der Waals surface area contributed by atoms with Gasteiger partial charge in [0.25, 0.3) is 0 Å². The number of carbonyl (C=O) groups is 2. The summed E-state index contributed by atoms with van der Waals surface area (Å²) >= 11 is 0. The first-order valence-electron chi connectivity index (χ1n) is 13.6. The summed E-state index contributed by atoms with van der Waals surface area (Å²) in [6, 6.07) is 14.4. The van der Waals surface area contributed by atoms with Gasteiger partial charge in [0, 0.05) is 11.6 Å². The Morgan fingerprint density at radius 1 is 0.946 bits per heavy atom. The highest BCUT2D eigenvalue weighted by atomic mass is 16.6. The molecule has 0 aliphatic heterocycles. The number of rotatable bonds is 7. The predicted molar refractivity (Wildman–Crippen MR) is 144 cm³/mol. The van der Waals surface area contributed by atoms with E-state index < -0.39 is 17.7 Å². The van der Waals surface area contributed by atoms with Gasteiger partial charge in [-0.25, -0.2) is 9.59 Å². The first-order valence-corrected chi connectivity index (χ1v) is 13.6. The summed E-state index contributed by atoms with van der Waals surface area (Å²) < 4.78 is 11.4. The number of benzene rings is 2. The molecule has 0 radical (unpaired) electrons. The molecule has 4 saturated carbocycles. The van der Waals surface area contributed by atoms with Crippen LogP contribution >= 0.6 is 0 Å². The van der Waals surface area contributed by atoms with Crippen molar-refractivity contribution in [2.24, 2.45) is 17.8 Å². The van der Waals surface area contributed by atoms with Crippen molar-refractivity contribution in [2.45, 2.75) is 83.3 Å². The maximum atomic E-state index is 12.0. The van der Waals surface area contributed by atoms with Crippen LogP contribution in [0.4, 0.5) is 0 Å². The fraction of sp³-hybridized carbons (Fsp3) is 0.500. The second-order valence-electron chi connectivity index (χ2n) is 12.5. The van der Waals surface area contributed by atoms with Gasteiger partial charge in [-0.05, 0) is 124 Å². The lowest BCUT2D eigenvalue weighted by molar-refractivity contribution is -0.148. The van der Waals surface area contributed by atoms with E-state index in [2.05, 4.69) is 18.2 Å². The molecular weight excluding hydrogens is 464 g/mol. The van der Waals surface area contributed by atoms with Gasteiger partial charge in [-0.2, -0.15) is 0 Å². The summed E-state index contributed by atoms with van der Waals surface area (Å²) in [5.41, 5.74) is 3.85. The highest BCUT2D eigenvalue weighted by Crippen LogP contribution is 2.62. The molecule has 4 fully saturated rings. The van der Waals surface area contributed by atoms with Gasteiger partial charge in [0.1, 0.15) is 11.4 Å². The minimum atomic E-state index is -0.949. The van der Waals surface area contributed by atoms with E-state index in [1.165, 1.54) is 50.2 Å². The van der Waals surface area contributed by atoms with Crippen LogP contribution < -0.4 is 4.74 Å². The third-order valence-corrected chi connectivity index (χ3v) is 8.30. The van der Waals surface area contributed by atoms with E-state index in [1.807, 2.05) is 45.0 Å². The van der Waals surface area contributed by atoms with Gasteiger partial charge in [0.15, 0.2) is 6.10 Å². The van der Waals surface area contributed by atoms with Gasteiger partial charge in [0.2, 0.25) is 0 Å². The van der Waals surface area contributed by atoms with E-state index in [0.29, 0.717) is 0 Å². The van der Waals surface area contributed by atoms with Crippen molar-refractivity contribution < 1.29 is 24.2 Å². The van der Waals surface area contributed by atoms with E-state index >= 15 is 0 Å². The zero-order valence-electron chi connectivity index (χ0n) is 22.3. The number of hydrogen-bond acceptors (Lipinski definition) is 4. The second-order valence-corrected chi connectivity index (χ2v) is 12.5. The van der Waals surface area contributed by atoms with Crippen LogP contribution in [0.2, 0.25) is 0 Å². The van der Waals surface area contributed by atoms with Gasteiger partial charge in [0.05, 0.1) is 0 Å². The molecule has 6 rings (SSSR count). The molecule has 5 nitrogen and oxygen atoms in total. The number of carboxylic acids is 1. The number of aliphatic carboxylic acids is 1. The van der Waals surface area contributed by atoms with Crippen molar-refractivity contribution in [1.29, 1.82) is 0 Å². The van der Waals surface area contributed by atoms with Crippen molar-refractivity contribution in [1.82, 2.24) is 0 Å². The van der Waals surface area contributed by atoms with Crippen LogP contribution in [0.15, 0.2) is 48.5 Å². The van der Waals surface area contributed by atoms with Crippen molar-refractivity contribution in [3.63, 3.8) is 0 Å². The van der Waals surface area contributed by atoms with Crippen LogP contribution in [0.5, 0.6) is 5.75 Å². The van der Waals surface area contributed by atoms with Gasteiger partial charge >= 0.3 is 11.9 Å². The summed E-state index contributed by atoms with van der Waals surface area (Å²) in [5.74, 6) is 1.73. The molecule has 5 heteroatoms. The molecule has 1 N–H and O–H groups in total. The molecule has 1 atom stereocenters. The Morgan fingerprint density at radius 2 is 1.51 bits per heavy atom. The summed E-state index contributed by atoms with van der Waals surface area (Å²) in [5, 5.41) is 9.50. The van der Waals surface area contributed by atoms with E-state index in [0.717, 1.165) is 40.2 Å². The summed E-state index contributed by atoms with van der Waals surface area (Å²) in [4.78, 5) is 23.6. The average Bonchev–Trinajstić information content (AvgIpc) is 2.81. The Balaban J connectivity index is 1.43. The van der Waals surface area contributed by atoms with Gasteiger partial charge < -0.3 is 14.6 Å². The monoisotopic (exact) mass is 502 g/mol. The minimum Gasteiger partial charge on any atom is -0.479 e. The molecule has 1 unspecified atom stereocenters. The van der Waals surface area contributed by atoms with Crippen LogP contribution in [-0.2, 0) is 19.7 Å². The molecule has 0 amide bonds. The standard InChI is InChI=1S/C32H38O5/c1-20(30(34)35)36-28-11-10-26(16-27(28)32-17-22-13-23(18-32)15-24(14-22)19-32)25-8-5-21(6-9-25)7-12-29(33)37-31(2,3)4/h5-12,16,20,22-24H,13-15,17-19H2,1-4H3,(H,34,35)/b12-7+. The molecule has 2 aromatic rings. The molecule has 0 saturated heterocycles. The minimum absolute atomic E-state index is 0.0778. The fourth-order valence-electron chi connectivity index (χ4n) is 7.19. The summed E-state index contributed by atoms with van der Waals surface area (Å²) in [7, 11) is 0. The number of ether oxygens (including phenoxy) is 2. The summed E-state index contributed by atoms with van der Waals surface area (Å²) in [6.45, 7) is 7.15. The molecule has 4 bridgehead atoms. The largest absolute Gasteiger partial charge is 0.479 e. The van der Waals surface area contributed by atoms with E-state index in [-0.39, 0.29) is 11.4 Å². The molecule has 196 valence electrons. The van der Waals surface area contributed by atoms with Crippen LogP contribution in [0, 0.1) is 17.8 Å². The number of esters is 1. The number of carboxylic acid groups (broad SMARTS) is 1. The highest BCUT2D eigenvalue weighted by molar-refractivity contribution is 5.87. The van der Waals surface area contributed by atoms with Crippen LogP contribution in [0.3, 0.4) is 0 Å². The van der Waals surface area contributed by atoms with Crippen LogP contribution in [0.25, 0.3) is 17.2 Å². The van der Waals surface area contributed by atoms with Crippen molar-refractivity contribution in [2.75, 3.05) is 0 Å². The Bertz CT molecular complexity index is 1170. The average molecular weight is 503 g/mol. The third-order valence-electron chi connectivity index (χ3n) is 8.30. The van der Waals surface area contributed by atoms with Gasteiger partial charge in [-0.3, -0.25) is 0 Å². The zero-order chi connectivity index (χ0) is 26.4. The molecule has 0 heterocycles. The lowest BCUT2D eigenvalue weighted by Gasteiger charge is -2.57. The first-order chi connectivity index (χ1) is 17.5. The fourth-order valence-corrected chi connectivity index (χ4v) is 7.19. The molecule has 37 heavy (non-hydrogen) atoms. The van der Waals surface area contributed by atoms with E-state index in [4.69, 9.17) is 9.47 Å². The smallest absolute Gasteiger partial charge is 0.344 e. The van der Waals surface area contributed by atoms with Crippen LogP contribution in [0.1, 0.15) is 77.3 Å². The number of hydrogen-bond donors (Lipinski definition) is 1. The lowest BCUT2D eigenvalue weighted by Crippen LogP contribution is -2.48.